The van der Waals surface area contributed by atoms with Crippen molar-refractivity contribution >= 4 is 17.7 Å². The van der Waals surface area contributed by atoms with E-state index in [4.69, 9.17) is 4.74 Å². The summed E-state index contributed by atoms with van der Waals surface area (Å²) in [6.07, 6.45) is -4.00. The van der Waals surface area contributed by atoms with Crippen LogP contribution in [0.15, 0.2) is 43.2 Å². The fourth-order valence-electron chi connectivity index (χ4n) is 2.58. The standard InChI is InChI=1S/C19H13F6N5O2/c1-2-32-17(31)15(12-6-26-9-27-7-12)8-30-10-28-16(29-30)11-3-13(18(20,21)22)5-14(4-11)19(23,24)25/h3-10H,2H2,1H3/b15-8+. The molecule has 2 heterocycles. The van der Waals surface area contributed by atoms with E-state index in [1.807, 2.05) is 0 Å². The van der Waals surface area contributed by atoms with E-state index in [-0.39, 0.29) is 23.8 Å². The zero-order valence-electron chi connectivity index (χ0n) is 16.1. The topological polar surface area (TPSA) is 82.8 Å². The second-order valence-corrected chi connectivity index (χ2v) is 6.23. The van der Waals surface area contributed by atoms with Crippen LogP contribution in [-0.2, 0) is 21.9 Å². The van der Waals surface area contributed by atoms with Crippen molar-refractivity contribution in [3.8, 4) is 11.4 Å². The normalized spacial score (nSPS) is 12.7. The molecule has 0 aliphatic heterocycles. The molecule has 0 fully saturated rings. The average molecular weight is 457 g/mol. The van der Waals surface area contributed by atoms with E-state index in [9.17, 15) is 31.1 Å². The molecule has 32 heavy (non-hydrogen) atoms. The Kier molecular flexibility index (Phi) is 6.27. The van der Waals surface area contributed by atoms with Crippen molar-refractivity contribution in [3.05, 3.63) is 59.9 Å². The van der Waals surface area contributed by atoms with Crippen molar-refractivity contribution in [3.63, 3.8) is 0 Å². The molecule has 0 bridgehead atoms. The number of benzene rings is 1. The van der Waals surface area contributed by atoms with Crippen LogP contribution in [0.1, 0.15) is 23.6 Å². The van der Waals surface area contributed by atoms with Gasteiger partial charge in [0, 0.05) is 29.7 Å². The van der Waals surface area contributed by atoms with E-state index >= 15 is 0 Å². The van der Waals surface area contributed by atoms with Gasteiger partial charge in [-0.2, -0.15) is 26.3 Å². The number of halogens is 6. The van der Waals surface area contributed by atoms with Gasteiger partial charge in [0.15, 0.2) is 5.82 Å². The number of ether oxygens (including phenoxy) is 1. The minimum absolute atomic E-state index is 0.00859. The quantitative estimate of drug-likeness (QED) is 0.322. The van der Waals surface area contributed by atoms with Gasteiger partial charge in [-0.1, -0.05) is 0 Å². The Hall–Kier alpha value is -3.77. The monoisotopic (exact) mass is 457 g/mol. The van der Waals surface area contributed by atoms with Crippen LogP contribution in [0.3, 0.4) is 0 Å². The molecule has 0 saturated heterocycles. The van der Waals surface area contributed by atoms with Crippen LogP contribution >= 0.6 is 0 Å². The van der Waals surface area contributed by atoms with E-state index in [1.165, 1.54) is 18.7 Å². The van der Waals surface area contributed by atoms with Gasteiger partial charge >= 0.3 is 18.3 Å². The molecular weight excluding hydrogens is 444 g/mol. The van der Waals surface area contributed by atoms with Gasteiger partial charge in [0.1, 0.15) is 12.7 Å². The van der Waals surface area contributed by atoms with Crippen molar-refractivity contribution < 1.29 is 35.9 Å². The predicted molar refractivity (Wildman–Crippen MR) is 98.3 cm³/mol. The number of carbonyl (C=O) groups is 1. The number of nitrogens with zero attached hydrogens (tertiary/aromatic N) is 5. The van der Waals surface area contributed by atoms with Crippen molar-refractivity contribution in [2.75, 3.05) is 6.61 Å². The van der Waals surface area contributed by atoms with Gasteiger partial charge in [-0.15, -0.1) is 5.10 Å². The first-order valence-electron chi connectivity index (χ1n) is 8.84. The van der Waals surface area contributed by atoms with E-state index in [0.717, 1.165) is 17.2 Å². The number of esters is 1. The Bertz CT molecular complexity index is 1110. The molecule has 0 amide bonds. The third-order valence-electron chi connectivity index (χ3n) is 3.98. The Balaban J connectivity index is 2.06. The Morgan fingerprint density at radius 1 is 1.03 bits per heavy atom. The molecule has 1 aromatic carbocycles. The number of alkyl halides is 6. The van der Waals surface area contributed by atoms with Gasteiger partial charge in [-0.05, 0) is 25.1 Å². The highest BCUT2D eigenvalue weighted by atomic mass is 19.4. The van der Waals surface area contributed by atoms with Crippen molar-refractivity contribution in [1.29, 1.82) is 0 Å². The molecule has 7 nitrogen and oxygen atoms in total. The average Bonchev–Trinajstić information content (AvgIpc) is 3.20. The molecule has 0 saturated carbocycles. The summed E-state index contributed by atoms with van der Waals surface area (Å²) in [5, 5.41) is 3.88. The third kappa shape index (κ3) is 5.28. The van der Waals surface area contributed by atoms with Gasteiger partial charge in [0.25, 0.3) is 0 Å². The first kappa shape index (κ1) is 22.9. The largest absolute Gasteiger partial charge is 0.462 e. The molecular formula is C19H13F6N5O2. The van der Waals surface area contributed by atoms with Gasteiger partial charge in [-0.3, -0.25) is 0 Å². The summed E-state index contributed by atoms with van der Waals surface area (Å²) in [4.78, 5) is 23.6. The second-order valence-electron chi connectivity index (χ2n) is 6.23. The zero-order valence-corrected chi connectivity index (χ0v) is 16.1. The highest BCUT2D eigenvalue weighted by molar-refractivity contribution is 6.20. The molecule has 0 aliphatic rings. The fraction of sp³-hybridized carbons (Fsp3) is 0.211. The number of aromatic nitrogens is 5. The van der Waals surface area contributed by atoms with Crippen LogP contribution < -0.4 is 0 Å². The second kappa shape index (κ2) is 8.77. The Morgan fingerprint density at radius 2 is 1.62 bits per heavy atom. The smallest absolute Gasteiger partial charge is 0.416 e. The zero-order chi connectivity index (χ0) is 23.5. The first-order valence-corrected chi connectivity index (χ1v) is 8.84. The van der Waals surface area contributed by atoms with E-state index < -0.39 is 40.8 Å². The molecule has 0 N–H and O–H groups in total. The summed E-state index contributed by atoms with van der Waals surface area (Å²) in [5.74, 6) is -1.18. The van der Waals surface area contributed by atoms with Crippen LogP contribution in [0.2, 0.25) is 0 Å². The summed E-state index contributed by atoms with van der Waals surface area (Å²) in [6.45, 7) is 1.63. The maximum absolute atomic E-state index is 13.1. The number of hydrogen-bond acceptors (Lipinski definition) is 6. The lowest BCUT2D eigenvalue weighted by Gasteiger charge is -2.13. The molecule has 0 radical (unpaired) electrons. The number of carbonyl (C=O) groups excluding carboxylic acids is 1. The van der Waals surface area contributed by atoms with Gasteiger partial charge in [-0.25, -0.2) is 24.4 Å². The summed E-state index contributed by atoms with van der Waals surface area (Å²) >= 11 is 0. The minimum Gasteiger partial charge on any atom is -0.462 e. The van der Waals surface area contributed by atoms with Gasteiger partial charge in [0.2, 0.25) is 0 Å². The molecule has 168 valence electrons. The van der Waals surface area contributed by atoms with Crippen molar-refractivity contribution in [2.45, 2.75) is 19.3 Å². The SMILES string of the molecule is CCOC(=O)/C(=C/n1cnc(-c2cc(C(F)(F)F)cc(C(F)(F)F)c2)n1)c1cncnc1. The van der Waals surface area contributed by atoms with E-state index in [2.05, 4.69) is 20.1 Å². The lowest BCUT2D eigenvalue weighted by molar-refractivity contribution is -0.143. The first-order chi connectivity index (χ1) is 15.0. The van der Waals surface area contributed by atoms with Gasteiger partial charge < -0.3 is 4.74 Å². The van der Waals surface area contributed by atoms with Gasteiger partial charge in [0.05, 0.1) is 23.3 Å². The summed E-state index contributed by atoms with van der Waals surface area (Å²) in [6, 6.07) is 1.03. The number of hydrogen-bond donors (Lipinski definition) is 0. The van der Waals surface area contributed by atoms with E-state index in [0.29, 0.717) is 12.1 Å². The third-order valence-corrected chi connectivity index (χ3v) is 3.98. The summed E-state index contributed by atoms with van der Waals surface area (Å²) in [7, 11) is 0. The molecule has 3 rings (SSSR count). The molecule has 3 aromatic rings. The maximum Gasteiger partial charge on any atom is 0.416 e. The summed E-state index contributed by atoms with van der Waals surface area (Å²) in [5.41, 5.74) is -3.30. The Labute approximate surface area is 176 Å². The lowest BCUT2D eigenvalue weighted by atomic mass is 10.0. The van der Waals surface area contributed by atoms with Crippen molar-refractivity contribution in [1.82, 2.24) is 24.7 Å². The van der Waals surface area contributed by atoms with E-state index in [1.54, 1.807) is 6.92 Å². The van der Waals surface area contributed by atoms with Crippen LogP contribution in [-0.4, -0.2) is 37.3 Å². The number of rotatable bonds is 5. The molecule has 2 aromatic heterocycles. The fourth-order valence-corrected chi connectivity index (χ4v) is 2.58. The molecule has 0 unspecified atom stereocenters. The highest BCUT2D eigenvalue weighted by Crippen LogP contribution is 2.38. The van der Waals surface area contributed by atoms with Crippen LogP contribution in [0, 0.1) is 0 Å². The summed E-state index contributed by atoms with van der Waals surface area (Å²) < 4.78 is 84.5. The van der Waals surface area contributed by atoms with Crippen LogP contribution in [0.25, 0.3) is 23.2 Å². The molecule has 0 atom stereocenters. The lowest BCUT2D eigenvalue weighted by Crippen LogP contribution is -2.11. The van der Waals surface area contributed by atoms with Crippen LogP contribution in [0.4, 0.5) is 26.3 Å². The van der Waals surface area contributed by atoms with Crippen LogP contribution in [0.5, 0.6) is 0 Å². The highest BCUT2D eigenvalue weighted by Gasteiger charge is 2.37. The Morgan fingerprint density at radius 3 is 2.16 bits per heavy atom. The molecule has 0 spiro atoms. The minimum atomic E-state index is -5.01. The van der Waals surface area contributed by atoms with Crippen molar-refractivity contribution in [2.24, 2.45) is 0 Å². The predicted octanol–water partition coefficient (Wildman–Crippen LogP) is 4.33. The molecule has 0 aliphatic carbocycles. The maximum atomic E-state index is 13.1. The molecule has 13 heteroatoms.